The first kappa shape index (κ1) is 19.9. The second-order valence-electron chi connectivity index (χ2n) is 7.27. The summed E-state index contributed by atoms with van der Waals surface area (Å²) < 4.78 is 22.7. The van der Waals surface area contributed by atoms with Gasteiger partial charge in [0.2, 0.25) is 0 Å². The smallest absolute Gasteiger partial charge is 0.253 e. The Kier molecular flexibility index (Phi) is 5.60. The first-order valence-corrected chi connectivity index (χ1v) is 11.1. The molecule has 3 rings (SSSR count). The van der Waals surface area contributed by atoms with E-state index in [-0.39, 0.29) is 18.2 Å². The van der Waals surface area contributed by atoms with Gasteiger partial charge in [-0.1, -0.05) is 35.9 Å². The molecule has 0 spiro atoms. The van der Waals surface area contributed by atoms with Crippen LogP contribution in [-0.4, -0.2) is 49.3 Å². The number of halogens is 1. The van der Waals surface area contributed by atoms with E-state index in [4.69, 9.17) is 11.6 Å². The molecule has 2 aromatic rings. The van der Waals surface area contributed by atoms with Crippen LogP contribution >= 0.6 is 11.6 Å². The predicted octanol–water partition coefficient (Wildman–Crippen LogP) is 2.70. The van der Waals surface area contributed by atoms with E-state index in [1.807, 2.05) is 18.2 Å². The van der Waals surface area contributed by atoms with Gasteiger partial charge in [0.25, 0.3) is 5.91 Å². The molecule has 1 aliphatic rings. The molecule has 0 aliphatic carbocycles. The van der Waals surface area contributed by atoms with Crippen LogP contribution in [0.25, 0.3) is 0 Å². The van der Waals surface area contributed by atoms with Crippen LogP contribution in [0.4, 0.5) is 0 Å². The van der Waals surface area contributed by atoms with Crippen molar-refractivity contribution in [1.82, 2.24) is 4.90 Å². The maximum absolute atomic E-state index is 12.7. The molecule has 1 saturated heterocycles. The quantitative estimate of drug-likeness (QED) is 0.826. The summed E-state index contributed by atoms with van der Waals surface area (Å²) >= 11 is 6.00. The van der Waals surface area contributed by atoms with Gasteiger partial charge in [-0.05, 0) is 41.8 Å². The summed E-state index contributed by atoms with van der Waals surface area (Å²) in [4.78, 5) is 14.3. The molecule has 1 fully saturated rings. The van der Waals surface area contributed by atoms with Crippen LogP contribution in [0, 0.1) is 0 Å². The lowest BCUT2D eigenvalue weighted by atomic mass is 9.94. The van der Waals surface area contributed by atoms with Gasteiger partial charge < -0.3 is 10.0 Å². The van der Waals surface area contributed by atoms with Crippen LogP contribution in [0.2, 0.25) is 5.02 Å². The summed E-state index contributed by atoms with van der Waals surface area (Å²) in [5.74, 6) is -0.215. The van der Waals surface area contributed by atoms with Crippen molar-refractivity contribution in [3.63, 3.8) is 0 Å². The lowest BCUT2D eigenvalue weighted by Crippen LogP contribution is -2.37. The predicted molar refractivity (Wildman–Crippen MR) is 106 cm³/mol. The van der Waals surface area contributed by atoms with E-state index < -0.39 is 15.4 Å². The van der Waals surface area contributed by atoms with E-state index in [1.54, 1.807) is 35.2 Å². The summed E-state index contributed by atoms with van der Waals surface area (Å²) in [5.41, 5.74) is 1.09. The lowest BCUT2D eigenvalue weighted by molar-refractivity contribution is 0.0445. The average Bonchev–Trinajstić information content (AvgIpc) is 2.95. The molecule has 0 radical (unpaired) electrons. The number of carbonyl (C=O) groups excluding carboxylic acids is 1. The standard InChI is InChI=1S/C20H22ClNO4S/c1-27(25,26)13-15-5-7-17(8-6-15)19(23)22-10-9-20(24,14-22)12-16-3-2-4-18(21)11-16/h2-8,11,24H,9-10,12-14H2,1H3/t20-/m1/s1. The molecular formula is C20H22ClNO4S. The number of hydrogen-bond donors (Lipinski definition) is 1. The van der Waals surface area contributed by atoms with Crippen molar-refractivity contribution in [3.05, 3.63) is 70.2 Å². The Hall–Kier alpha value is -1.89. The van der Waals surface area contributed by atoms with E-state index in [9.17, 15) is 18.3 Å². The third-order valence-electron chi connectivity index (χ3n) is 4.67. The highest BCUT2D eigenvalue weighted by Crippen LogP contribution is 2.27. The molecule has 0 saturated carbocycles. The highest BCUT2D eigenvalue weighted by atomic mass is 35.5. The molecule has 27 heavy (non-hydrogen) atoms. The normalized spacial score (nSPS) is 20.0. The zero-order chi connectivity index (χ0) is 19.7. The number of sulfone groups is 1. The second-order valence-corrected chi connectivity index (χ2v) is 9.85. The van der Waals surface area contributed by atoms with Crippen molar-refractivity contribution in [2.75, 3.05) is 19.3 Å². The number of benzene rings is 2. The molecule has 1 atom stereocenters. The van der Waals surface area contributed by atoms with Gasteiger partial charge in [-0.15, -0.1) is 0 Å². The zero-order valence-corrected chi connectivity index (χ0v) is 16.6. The Labute approximate surface area is 164 Å². The number of nitrogens with zero attached hydrogens (tertiary/aromatic N) is 1. The third kappa shape index (κ3) is 5.31. The fourth-order valence-corrected chi connectivity index (χ4v) is 4.44. The molecule has 0 unspecified atom stereocenters. The van der Waals surface area contributed by atoms with E-state index >= 15 is 0 Å². The topological polar surface area (TPSA) is 74.7 Å². The van der Waals surface area contributed by atoms with Gasteiger partial charge in [0.05, 0.1) is 17.9 Å². The van der Waals surface area contributed by atoms with E-state index in [0.717, 1.165) is 5.56 Å². The maximum atomic E-state index is 12.7. The summed E-state index contributed by atoms with van der Waals surface area (Å²) in [5, 5.41) is 11.5. The van der Waals surface area contributed by atoms with E-state index in [0.29, 0.717) is 35.5 Å². The maximum Gasteiger partial charge on any atom is 0.253 e. The van der Waals surface area contributed by atoms with Crippen LogP contribution < -0.4 is 0 Å². The van der Waals surface area contributed by atoms with Crippen molar-refractivity contribution >= 4 is 27.3 Å². The van der Waals surface area contributed by atoms with E-state index in [1.165, 1.54) is 6.26 Å². The third-order valence-corrected chi connectivity index (χ3v) is 5.76. The van der Waals surface area contributed by atoms with Gasteiger partial charge in [0, 0.05) is 29.8 Å². The Balaban J connectivity index is 1.66. The highest BCUT2D eigenvalue weighted by molar-refractivity contribution is 7.89. The number of hydrogen-bond acceptors (Lipinski definition) is 4. The number of carbonyl (C=O) groups is 1. The minimum absolute atomic E-state index is 0.0510. The first-order chi connectivity index (χ1) is 12.6. The zero-order valence-electron chi connectivity index (χ0n) is 15.1. The summed E-state index contributed by atoms with van der Waals surface area (Å²) in [7, 11) is -3.11. The molecule has 1 heterocycles. The number of rotatable bonds is 5. The fraction of sp³-hybridized carbons (Fsp3) is 0.350. The van der Waals surface area contributed by atoms with Crippen LogP contribution in [0.1, 0.15) is 27.9 Å². The van der Waals surface area contributed by atoms with Gasteiger partial charge in [-0.3, -0.25) is 4.79 Å². The van der Waals surface area contributed by atoms with Crippen molar-refractivity contribution < 1.29 is 18.3 Å². The molecule has 144 valence electrons. The summed E-state index contributed by atoms with van der Waals surface area (Å²) in [6.07, 6.45) is 2.11. The first-order valence-electron chi connectivity index (χ1n) is 8.66. The second kappa shape index (κ2) is 7.62. The minimum atomic E-state index is -3.11. The molecule has 1 N–H and O–H groups in total. The van der Waals surface area contributed by atoms with E-state index in [2.05, 4.69) is 0 Å². The number of aliphatic hydroxyl groups is 1. The molecule has 1 amide bonds. The molecule has 0 bridgehead atoms. The van der Waals surface area contributed by atoms with Crippen molar-refractivity contribution in [1.29, 1.82) is 0 Å². The Morgan fingerprint density at radius 1 is 1.19 bits per heavy atom. The Morgan fingerprint density at radius 3 is 2.52 bits per heavy atom. The van der Waals surface area contributed by atoms with Gasteiger partial charge >= 0.3 is 0 Å². The van der Waals surface area contributed by atoms with Crippen molar-refractivity contribution in [3.8, 4) is 0 Å². The largest absolute Gasteiger partial charge is 0.388 e. The van der Waals surface area contributed by atoms with Crippen LogP contribution in [0.5, 0.6) is 0 Å². The minimum Gasteiger partial charge on any atom is -0.388 e. The molecule has 1 aliphatic heterocycles. The van der Waals surface area contributed by atoms with Crippen LogP contribution in [0.3, 0.4) is 0 Å². The lowest BCUT2D eigenvalue weighted by Gasteiger charge is -2.23. The fourth-order valence-electron chi connectivity index (χ4n) is 3.43. The molecule has 0 aromatic heterocycles. The summed E-state index contributed by atoms with van der Waals surface area (Å²) in [6, 6.07) is 13.9. The van der Waals surface area contributed by atoms with Crippen LogP contribution in [0.15, 0.2) is 48.5 Å². The van der Waals surface area contributed by atoms with Gasteiger partial charge in [-0.2, -0.15) is 0 Å². The monoisotopic (exact) mass is 407 g/mol. The number of amides is 1. The van der Waals surface area contributed by atoms with Crippen molar-refractivity contribution in [2.45, 2.75) is 24.2 Å². The molecular weight excluding hydrogens is 386 g/mol. The number of likely N-dealkylation sites (tertiary alicyclic amines) is 1. The molecule has 2 aromatic carbocycles. The SMILES string of the molecule is CS(=O)(=O)Cc1ccc(C(=O)N2CC[C@@](O)(Cc3cccc(Cl)c3)C2)cc1. The summed E-state index contributed by atoms with van der Waals surface area (Å²) in [6.45, 7) is 0.727. The van der Waals surface area contributed by atoms with Crippen LogP contribution in [-0.2, 0) is 22.0 Å². The average molecular weight is 408 g/mol. The molecule has 7 heteroatoms. The molecule has 5 nitrogen and oxygen atoms in total. The Bertz CT molecular complexity index is 943. The van der Waals surface area contributed by atoms with Gasteiger partial charge in [0.15, 0.2) is 9.84 Å². The highest BCUT2D eigenvalue weighted by Gasteiger charge is 2.38. The Morgan fingerprint density at radius 2 is 1.89 bits per heavy atom. The number of β-amino-alcohol motifs (C(OH)–C–C–N with tert-alkyl or cyclic N) is 1. The van der Waals surface area contributed by atoms with Gasteiger partial charge in [0.1, 0.15) is 0 Å². The van der Waals surface area contributed by atoms with Crippen molar-refractivity contribution in [2.24, 2.45) is 0 Å². The van der Waals surface area contributed by atoms with Gasteiger partial charge in [-0.25, -0.2) is 8.42 Å².